The summed E-state index contributed by atoms with van der Waals surface area (Å²) < 4.78 is 18.1. The van der Waals surface area contributed by atoms with Gasteiger partial charge in [-0.15, -0.1) is 0 Å². The summed E-state index contributed by atoms with van der Waals surface area (Å²) in [6.45, 7) is 0. The van der Waals surface area contributed by atoms with Crippen molar-refractivity contribution in [3.05, 3.63) is 70.4 Å². The molecule has 2 heterocycles. The minimum Gasteiger partial charge on any atom is -0.403 e. The van der Waals surface area contributed by atoms with Crippen molar-refractivity contribution < 1.29 is 18.5 Å². The van der Waals surface area contributed by atoms with E-state index < -0.39 is 28.1 Å². The highest BCUT2D eigenvalue weighted by atomic mass is 19.1. The largest absolute Gasteiger partial charge is 0.433 e. The summed E-state index contributed by atoms with van der Waals surface area (Å²) in [6, 6.07) is 7.94. The van der Waals surface area contributed by atoms with Crippen LogP contribution in [-0.4, -0.2) is 10.8 Å². The van der Waals surface area contributed by atoms with Gasteiger partial charge >= 0.3 is 5.88 Å². The molecule has 1 aromatic carbocycles. The predicted octanol–water partition coefficient (Wildman–Crippen LogP) is 1.55. The first-order chi connectivity index (χ1) is 10.9. The minimum atomic E-state index is -1.57. The fraction of sp³-hybridized carbons (Fsp3) is 0.0714. The molecule has 2 aromatic rings. The highest BCUT2D eigenvalue weighted by Gasteiger charge is 2.45. The van der Waals surface area contributed by atoms with Gasteiger partial charge in [0.05, 0.1) is 11.8 Å². The van der Waals surface area contributed by atoms with Gasteiger partial charge in [0.2, 0.25) is 0 Å². The Kier molecular flexibility index (Phi) is 3.34. The van der Waals surface area contributed by atoms with Crippen molar-refractivity contribution in [3.8, 4) is 0 Å². The molecule has 0 bridgehead atoms. The third-order valence-electron chi connectivity index (χ3n) is 3.42. The quantitative estimate of drug-likeness (QED) is 0.653. The Labute approximate surface area is 129 Å². The lowest BCUT2D eigenvalue weighted by Crippen LogP contribution is -2.52. The second-order valence-corrected chi connectivity index (χ2v) is 4.84. The average Bonchev–Trinajstić information content (AvgIpc) is 3.16. The Hall–Kier alpha value is -3.20. The number of nitrogens with zero attached hydrogens (tertiary/aromatic N) is 2. The van der Waals surface area contributed by atoms with Crippen LogP contribution in [0.2, 0.25) is 0 Å². The molecule has 1 aliphatic rings. The molecule has 118 valence electrons. The maximum absolute atomic E-state index is 13.0. The molecule has 0 aliphatic carbocycles. The highest BCUT2D eigenvalue weighted by Crippen LogP contribution is 2.33. The number of carbonyl (C=O) groups excluding carboxylic acids is 1. The van der Waals surface area contributed by atoms with Gasteiger partial charge in [0.25, 0.3) is 5.91 Å². The third kappa shape index (κ3) is 2.42. The molecule has 8 nitrogen and oxygen atoms in total. The number of furan rings is 1. The zero-order valence-corrected chi connectivity index (χ0v) is 11.6. The second-order valence-electron chi connectivity index (χ2n) is 4.84. The summed E-state index contributed by atoms with van der Waals surface area (Å²) >= 11 is 0. The van der Waals surface area contributed by atoms with Crippen molar-refractivity contribution in [2.45, 2.75) is 5.54 Å². The monoisotopic (exact) mass is 318 g/mol. The van der Waals surface area contributed by atoms with Gasteiger partial charge in [0, 0.05) is 6.20 Å². The fourth-order valence-corrected chi connectivity index (χ4v) is 2.24. The van der Waals surface area contributed by atoms with Crippen LogP contribution in [0.15, 0.2) is 53.1 Å². The van der Waals surface area contributed by atoms with Crippen LogP contribution in [0.3, 0.4) is 0 Å². The number of benzene rings is 1. The molecule has 1 aliphatic heterocycles. The van der Waals surface area contributed by atoms with Crippen LogP contribution in [0.4, 0.5) is 16.0 Å². The molecule has 1 amide bonds. The molecule has 0 fully saturated rings. The summed E-state index contributed by atoms with van der Waals surface area (Å²) in [5.74, 6) is -1.73. The lowest BCUT2D eigenvalue weighted by atomic mass is 9.97. The van der Waals surface area contributed by atoms with E-state index in [4.69, 9.17) is 10.2 Å². The van der Waals surface area contributed by atoms with E-state index in [1.165, 1.54) is 47.6 Å². The Bertz CT molecular complexity index is 801. The van der Waals surface area contributed by atoms with Gasteiger partial charge in [-0.1, -0.05) is 0 Å². The number of amides is 1. The normalized spacial score (nSPS) is 20.0. The van der Waals surface area contributed by atoms with E-state index >= 15 is 0 Å². The first kappa shape index (κ1) is 14.7. The molecule has 0 saturated carbocycles. The van der Waals surface area contributed by atoms with E-state index in [9.17, 15) is 19.3 Å². The number of nitrogens with one attached hydrogen (secondary N) is 1. The van der Waals surface area contributed by atoms with Crippen LogP contribution in [-0.2, 0) is 10.3 Å². The summed E-state index contributed by atoms with van der Waals surface area (Å²) in [6.07, 6.45) is 2.92. The number of hydrogen-bond donors (Lipinski definition) is 2. The van der Waals surface area contributed by atoms with Crippen LogP contribution < -0.4 is 16.2 Å². The maximum Gasteiger partial charge on any atom is 0.433 e. The number of hydrogen-bond acceptors (Lipinski definition) is 6. The molecule has 0 radical (unpaired) electrons. The smallest absolute Gasteiger partial charge is 0.403 e. The van der Waals surface area contributed by atoms with Crippen LogP contribution in [0, 0.1) is 15.9 Å². The average molecular weight is 318 g/mol. The van der Waals surface area contributed by atoms with Gasteiger partial charge in [-0.05, 0) is 36.4 Å². The standard InChI is InChI=1S/C14H11FN4O4/c15-9-1-3-10(4-2-9)18-8-7-14(17-18,13(16)20)11-5-6-12(23-11)19(21)22/h1-8,17H,(H2,16,20). The first-order valence-corrected chi connectivity index (χ1v) is 6.49. The Morgan fingerprint density at radius 2 is 2.00 bits per heavy atom. The van der Waals surface area contributed by atoms with E-state index in [1.54, 1.807) is 0 Å². The fourth-order valence-electron chi connectivity index (χ4n) is 2.24. The SMILES string of the molecule is NC(=O)C1(c2ccc([N+](=O)[O-])o2)C=CN(c2ccc(F)cc2)N1. The van der Waals surface area contributed by atoms with Gasteiger partial charge < -0.3 is 10.2 Å². The van der Waals surface area contributed by atoms with Crippen molar-refractivity contribution in [1.82, 2.24) is 5.43 Å². The molecule has 0 saturated heterocycles. The molecule has 1 unspecified atom stereocenters. The second kappa shape index (κ2) is 5.21. The van der Waals surface area contributed by atoms with Gasteiger partial charge in [-0.2, -0.15) is 0 Å². The Morgan fingerprint density at radius 1 is 1.30 bits per heavy atom. The lowest BCUT2D eigenvalue weighted by Gasteiger charge is -2.26. The molecular weight excluding hydrogens is 307 g/mol. The van der Waals surface area contributed by atoms with Gasteiger partial charge in [0.15, 0.2) is 5.54 Å². The molecule has 23 heavy (non-hydrogen) atoms. The Balaban J connectivity index is 1.94. The molecule has 9 heteroatoms. The van der Waals surface area contributed by atoms with Crippen LogP contribution >= 0.6 is 0 Å². The summed E-state index contributed by atoms with van der Waals surface area (Å²) in [5.41, 5.74) is 7.24. The number of primary amides is 1. The molecule has 0 spiro atoms. The van der Waals surface area contributed by atoms with E-state index in [-0.39, 0.29) is 5.76 Å². The van der Waals surface area contributed by atoms with Crippen molar-refractivity contribution in [1.29, 1.82) is 0 Å². The van der Waals surface area contributed by atoms with E-state index in [0.29, 0.717) is 5.69 Å². The van der Waals surface area contributed by atoms with Crippen molar-refractivity contribution in [2.75, 3.05) is 5.01 Å². The summed E-state index contributed by atoms with van der Waals surface area (Å²) in [7, 11) is 0. The number of halogens is 1. The van der Waals surface area contributed by atoms with Gasteiger partial charge in [-0.3, -0.25) is 19.9 Å². The first-order valence-electron chi connectivity index (χ1n) is 6.49. The zero-order valence-electron chi connectivity index (χ0n) is 11.6. The number of anilines is 1. The molecule has 1 atom stereocenters. The molecular formula is C14H11FN4O4. The predicted molar refractivity (Wildman–Crippen MR) is 77.4 cm³/mol. The number of carbonyl (C=O) groups is 1. The zero-order chi connectivity index (χ0) is 16.6. The molecule has 3 N–H and O–H groups in total. The number of rotatable bonds is 4. The van der Waals surface area contributed by atoms with E-state index in [2.05, 4.69) is 5.43 Å². The van der Waals surface area contributed by atoms with Crippen molar-refractivity contribution >= 4 is 17.5 Å². The van der Waals surface area contributed by atoms with E-state index in [0.717, 1.165) is 6.07 Å². The van der Waals surface area contributed by atoms with Crippen LogP contribution in [0.5, 0.6) is 0 Å². The maximum atomic E-state index is 13.0. The number of nitrogens with two attached hydrogens (primary N) is 1. The van der Waals surface area contributed by atoms with Crippen molar-refractivity contribution in [2.24, 2.45) is 5.73 Å². The highest BCUT2D eigenvalue weighted by molar-refractivity contribution is 5.89. The Morgan fingerprint density at radius 3 is 2.57 bits per heavy atom. The minimum absolute atomic E-state index is 0.0161. The summed E-state index contributed by atoms with van der Waals surface area (Å²) in [5, 5.41) is 12.2. The molecule has 3 rings (SSSR count). The van der Waals surface area contributed by atoms with Crippen molar-refractivity contribution in [3.63, 3.8) is 0 Å². The number of hydrazine groups is 1. The van der Waals surface area contributed by atoms with Gasteiger partial charge in [0.1, 0.15) is 16.5 Å². The van der Waals surface area contributed by atoms with Crippen LogP contribution in [0.25, 0.3) is 0 Å². The van der Waals surface area contributed by atoms with Gasteiger partial charge in [-0.25, -0.2) is 9.82 Å². The lowest BCUT2D eigenvalue weighted by molar-refractivity contribution is -0.402. The van der Waals surface area contributed by atoms with Crippen LogP contribution in [0.1, 0.15) is 5.76 Å². The third-order valence-corrected chi connectivity index (χ3v) is 3.42. The number of nitro groups is 1. The van der Waals surface area contributed by atoms with E-state index in [1.807, 2.05) is 0 Å². The summed E-state index contributed by atoms with van der Waals surface area (Å²) in [4.78, 5) is 21.9. The molecule has 1 aromatic heterocycles. The topological polar surface area (TPSA) is 115 Å².